The number of halogens is 1. The third kappa shape index (κ3) is 13.7. The zero-order valence-corrected chi connectivity index (χ0v) is 10.2. The van der Waals surface area contributed by atoms with Gasteiger partial charge in [0.1, 0.15) is 0 Å². The fraction of sp³-hybridized carbons (Fsp3) is 1.00. The van der Waals surface area contributed by atoms with Gasteiger partial charge in [0, 0.05) is 16.8 Å². The number of azide groups is 1. The van der Waals surface area contributed by atoms with Gasteiger partial charge in [0.15, 0.2) is 0 Å². The number of ether oxygens (including phenoxy) is 3. The molecule has 0 amide bonds. The van der Waals surface area contributed by atoms with Crippen LogP contribution in [0.25, 0.3) is 10.4 Å². The first-order valence-electron chi connectivity index (χ1n) is 4.72. The summed E-state index contributed by atoms with van der Waals surface area (Å²) in [5, 5.41) is 4.17. The van der Waals surface area contributed by atoms with Gasteiger partial charge < -0.3 is 14.2 Å². The Hall–Kier alpha value is -0.330. The van der Waals surface area contributed by atoms with Gasteiger partial charge in [-0.1, -0.05) is 21.0 Å². The van der Waals surface area contributed by atoms with E-state index in [2.05, 4.69) is 26.0 Å². The van der Waals surface area contributed by atoms with E-state index in [1.54, 1.807) is 0 Å². The Morgan fingerprint density at radius 2 is 1.47 bits per heavy atom. The van der Waals surface area contributed by atoms with E-state index >= 15 is 0 Å². The van der Waals surface area contributed by atoms with E-state index < -0.39 is 0 Å². The van der Waals surface area contributed by atoms with Crippen LogP contribution in [0.1, 0.15) is 0 Å². The van der Waals surface area contributed by atoms with Crippen molar-refractivity contribution in [1.82, 2.24) is 0 Å². The first-order chi connectivity index (χ1) is 7.41. The largest absolute Gasteiger partial charge is 0.379 e. The molecule has 0 atom stereocenters. The van der Waals surface area contributed by atoms with E-state index in [4.69, 9.17) is 19.7 Å². The maximum absolute atomic E-state index is 7.97. The molecule has 0 aliphatic carbocycles. The van der Waals surface area contributed by atoms with Crippen molar-refractivity contribution in [2.45, 2.75) is 0 Å². The van der Waals surface area contributed by atoms with Crippen LogP contribution in [0.15, 0.2) is 5.11 Å². The minimum atomic E-state index is 0.366. The molecule has 15 heavy (non-hydrogen) atoms. The summed E-state index contributed by atoms with van der Waals surface area (Å²) in [5.74, 6) is 0. The highest BCUT2D eigenvalue weighted by Crippen LogP contribution is 1.84. The van der Waals surface area contributed by atoms with Crippen molar-refractivity contribution in [2.75, 3.05) is 51.5 Å². The van der Waals surface area contributed by atoms with E-state index in [0.29, 0.717) is 46.2 Å². The van der Waals surface area contributed by atoms with Gasteiger partial charge >= 0.3 is 0 Å². The monoisotopic (exact) mass is 281 g/mol. The molecule has 7 heteroatoms. The summed E-state index contributed by atoms with van der Waals surface area (Å²) >= 11 is 3.25. The Kier molecular flexibility index (Phi) is 13.4. The third-order valence-corrected chi connectivity index (χ3v) is 1.69. The van der Waals surface area contributed by atoms with Crippen molar-refractivity contribution in [2.24, 2.45) is 5.11 Å². The van der Waals surface area contributed by atoms with Crippen molar-refractivity contribution in [3.8, 4) is 0 Å². The summed E-state index contributed by atoms with van der Waals surface area (Å²) in [6.45, 7) is 3.73. The molecule has 0 aromatic heterocycles. The van der Waals surface area contributed by atoms with Gasteiger partial charge in [-0.05, 0) is 5.53 Å². The second-order valence-electron chi connectivity index (χ2n) is 2.48. The first-order valence-corrected chi connectivity index (χ1v) is 5.84. The number of alkyl halides is 1. The van der Waals surface area contributed by atoms with E-state index in [-0.39, 0.29) is 0 Å². The first kappa shape index (κ1) is 14.7. The maximum atomic E-state index is 7.97. The number of hydrogen-bond donors (Lipinski definition) is 0. The average molecular weight is 282 g/mol. The molecule has 0 aromatic carbocycles. The second-order valence-corrected chi connectivity index (χ2v) is 3.27. The summed E-state index contributed by atoms with van der Waals surface area (Å²) < 4.78 is 15.5. The van der Waals surface area contributed by atoms with Crippen LogP contribution in [0.4, 0.5) is 0 Å². The summed E-state index contributed by atoms with van der Waals surface area (Å²) in [6, 6.07) is 0. The minimum absolute atomic E-state index is 0.366. The standard InChI is InChI=1S/C8H16BrN3O3/c9-1-3-13-5-7-15-8-6-14-4-2-11-12-10/h1-8H2. The Morgan fingerprint density at radius 3 is 2.00 bits per heavy atom. The van der Waals surface area contributed by atoms with Gasteiger partial charge in [-0.2, -0.15) is 0 Å². The van der Waals surface area contributed by atoms with Crippen LogP contribution in [0.3, 0.4) is 0 Å². The van der Waals surface area contributed by atoms with E-state index in [1.807, 2.05) is 0 Å². The number of rotatable bonds is 11. The Morgan fingerprint density at radius 1 is 0.933 bits per heavy atom. The zero-order chi connectivity index (χ0) is 11.2. The van der Waals surface area contributed by atoms with E-state index in [9.17, 15) is 0 Å². The maximum Gasteiger partial charge on any atom is 0.0701 e. The van der Waals surface area contributed by atoms with E-state index in [0.717, 1.165) is 5.33 Å². The van der Waals surface area contributed by atoms with Crippen molar-refractivity contribution in [1.29, 1.82) is 0 Å². The molecular weight excluding hydrogens is 266 g/mol. The molecule has 0 heterocycles. The van der Waals surface area contributed by atoms with Crippen LogP contribution >= 0.6 is 15.9 Å². The fourth-order valence-corrected chi connectivity index (χ4v) is 0.975. The minimum Gasteiger partial charge on any atom is -0.379 e. The molecule has 0 radical (unpaired) electrons. The second kappa shape index (κ2) is 13.7. The predicted molar refractivity (Wildman–Crippen MR) is 60.3 cm³/mol. The molecule has 0 aliphatic heterocycles. The van der Waals surface area contributed by atoms with Crippen LogP contribution in [-0.2, 0) is 14.2 Å². The predicted octanol–water partition coefficient (Wildman–Crippen LogP) is 1.74. The SMILES string of the molecule is [N-]=[N+]=NCCOCCOCCOCCBr. The molecule has 0 saturated heterocycles. The zero-order valence-electron chi connectivity index (χ0n) is 8.60. The van der Waals surface area contributed by atoms with Gasteiger partial charge in [0.25, 0.3) is 0 Å². The number of hydrogen-bond acceptors (Lipinski definition) is 4. The molecule has 6 nitrogen and oxygen atoms in total. The normalized spacial score (nSPS) is 9.93. The topological polar surface area (TPSA) is 76.5 Å². The lowest BCUT2D eigenvalue weighted by Crippen LogP contribution is -2.11. The number of nitrogens with zero attached hydrogens (tertiary/aromatic N) is 3. The molecule has 88 valence electrons. The molecule has 0 spiro atoms. The molecule has 0 saturated carbocycles. The molecule has 0 fully saturated rings. The smallest absolute Gasteiger partial charge is 0.0701 e. The van der Waals surface area contributed by atoms with Gasteiger partial charge in [0.05, 0.1) is 39.6 Å². The third-order valence-electron chi connectivity index (χ3n) is 1.36. The molecule has 0 N–H and O–H groups in total. The van der Waals surface area contributed by atoms with Crippen LogP contribution < -0.4 is 0 Å². The van der Waals surface area contributed by atoms with Crippen LogP contribution in [-0.4, -0.2) is 51.5 Å². The average Bonchev–Trinajstić information content (AvgIpc) is 2.26. The lowest BCUT2D eigenvalue weighted by molar-refractivity contribution is 0.0191. The van der Waals surface area contributed by atoms with E-state index in [1.165, 1.54) is 0 Å². The lowest BCUT2D eigenvalue weighted by atomic mass is 10.7. The fourth-order valence-electron chi connectivity index (χ4n) is 0.747. The Bertz CT molecular complexity index is 177. The Labute approximate surface area is 97.6 Å². The van der Waals surface area contributed by atoms with Crippen molar-refractivity contribution in [3.63, 3.8) is 0 Å². The molecular formula is C8H16BrN3O3. The van der Waals surface area contributed by atoms with Crippen molar-refractivity contribution >= 4 is 15.9 Å². The van der Waals surface area contributed by atoms with Crippen molar-refractivity contribution in [3.05, 3.63) is 10.4 Å². The summed E-state index contributed by atoms with van der Waals surface area (Å²) in [4.78, 5) is 2.60. The summed E-state index contributed by atoms with van der Waals surface area (Å²) in [7, 11) is 0. The molecule has 0 unspecified atom stereocenters. The molecule has 0 rings (SSSR count). The Balaban J connectivity index is 2.89. The quantitative estimate of drug-likeness (QED) is 0.190. The molecule has 0 bridgehead atoms. The van der Waals surface area contributed by atoms with Crippen LogP contribution in [0.2, 0.25) is 0 Å². The van der Waals surface area contributed by atoms with Crippen LogP contribution in [0.5, 0.6) is 0 Å². The summed E-state index contributed by atoms with van der Waals surface area (Å²) in [6.07, 6.45) is 0. The van der Waals surface area contributed by atoms with Gasteiger partial charge in [0.2, 0.25) is 0 Å². The molecule has 0 aromatic rings. The highest BCUT2D eigenvalue weighted by molar-refractivity contribution is 9.09. The summed E-state index contributed by atoms with van der Waals surface area (Å²) in [5.41, 5.74) is 7.97. The van der Waals surface area contributed by atoms with Gasteiger partial charge in [-0.25, -0.2) is 0 Å². The van der Waals surface area contributed by atoms with Crippen LogP contribution in [0, 0.1) is 0 Å². The highest BCUT2D eigenvalue weighted by atomic mass is 79.9. The lowest BCUT2D eigenvalue weighted by Gasteiger charge is -2.04. The van der Waals surface area contributed by atoms with Gasteiger partial charge in [-0.15, -0.1) is 0 Å². The highest BCUT2D eigenvalue weighted by Gasteiger charge is 1.90. The van der Waals surface area contributed by atoms with Gasteiger partial charge in [-0.3, -0.25) is 0 Å². The van der Waals surface area contributed by atoms with Crippen molar-refractivity contribution < 1.29 is 14.2 Å². The molecule has 0 aliphatic rings.